The molecule has 1 aromatic rings. The van der Waals surface area contributed by atoms with E-state index >= 15 is 0 Å². The number of hydrogen-bond acceptors (Lipinski definition) is 4. The summed E-state index contributed by atoms with van der Waals surface area (Å²) >= 11 is 5.81. The van der Waals surface area contributed by atoms with E-state index in [2.05, 4.69) is 15.0 Å². The van der Waals surface area contributed by atoms with Crippen LogP contribution < -0.4 is 10.0 Å². The molecule has 2 rings (SSSR count). The van der Waals surface area contributed by atoms with E-state index in [1.54, 1.807) is 6.07 Å². The third kappa shape index (κ3) is 3.16. The number of nitrogens with one attached hydrogen (secondary N) is 2. The molecule has 0 bridgehead atoms. The van der Waals surface area contributed by atoms with E-state index in [1.807, 2.05) is 0 Å². The van der Waals surface area contributed by atoms with E-state index in [1.165, 1.54) is 12.3 Å². The second-order valence-corrected chi connectivity index (χ2v) is 6.02. The van der Waals surface area contributed by atoms with E-state index in [9.17, 15) is 8.42 Å². The van der Waals surface area contributed by atoms with Crippen molar-refractivity contribution in [2.75, 3.05) is 13.1 Å². The van der Waals surface area contributed by atoms with E-state index in [0.717, 1.165) is 19.4 Å². The van der Waals surface area contributed by atoms with Crippen LogP contribution in [0.15, 0.2) is 23.4 Å². The highest BCUT2D eigenvalue weighted by Crippen LogP contribution is 2.17. The molecule has 1 saturated heterocycles. The SMILES string of the molecule is O=S(=O)(NC[C@@H]1CCCN1)c1ncccc1Cl. The van der Waals surface area contributed by atoms with Crippen molar-refractivity contribution < 1.29 is 8.42 Å². The third-order valence-electron chi connectivity index (χ3n) is 2.66. The van der Waals surface area contributed by atoms with Crippen molar-refractivity contribution >= 4 is 21.6 Å². The van der Waals surface area contributed by atoms with Crippen molar-refractivity contribution in [2.45, 2.75) is 23.9 Å². The van der Waals surface area contributed by atoms with Gasteiger partial charge in [0.05, 0.1) is 5.02 Å². The predicted octanol–water partition coefficient (Wildman–Crippen LogP) is 0.765. The van der Waals surface area contributed by atoms with Gasteiger partial charge in [-0.05, 0) is 31.5 Å². The Kier molecular flexibility index (Phi) is 3.98. The number of pyridine rings is 1. The fourth-order valence-electron chi connectivity index (χ4n) is 1.78. The highest BCUT2D eigenvalue weighted by molar-refractivity contribution is 7.89. The number of halogens is 1. The van der Waals surface area contributed by atoms with Crippen LogP contribution in [0.1, 0.15) is 12.8 Å². The zero-order chi connectivity index (χ0) is 12.3. The monoisotopic (exact) mass is 275 g/mol. The van der Waals surface area contributed by atoms with Crippen LogP contribution in [0.25, 0.3) is 0 Å². The minimum Gasteiger partial charge on any atom is -0.313 e. The van der Waals surface area contributed by atoms with Crippen molar-refractivity contribution in [1.82, 2.24) is 15.0 Å². The maximum absolute atomic E-state index is 11.9. The van der Waals surface area contributed by atoms with Crippen LogP contribution >= 0.6 is 11.6 Å². The molecule has 0 spiro atoms. The molecular weight excluding hydrogens is 262 g/mol. The van der Waals surface area contributed by atoms with Gasteiger partial charge < -0.3 is 5.32 Å². The first kappa shape index (κ1) is 12.8. The molecule has 2 N–H and O–H groups in total. The van der Waals surface area contributed by atoms with Gasteiger partial charge in [-0.15, -0.1) is 0 Å². The van der Waals surface area contributed by atoms with Gasteiger partial charge in [0.2, 0.25) is 0 Å². The summed E-state index contributed by atoms with van der Waals surface area (Å²) in [5.41, 5.74) is 0. The van der Waals surface area contributed by atoms with Gasteiger partial charge in [0.25, 0.3) is 10.0 Å². The van der Waals surface area contributed by atoms with Crippen LogP contribution in [0.4, 0.5) is 0 Å². The number of sulfonamides is 1. The smallest absolute Gasteiger partial charge is 0.259 e. The van der Waals surface area contributed by atoms with Crippen molar-refractivity contribution in [3.05, 3.63) is 23.4 Å². The average molecular weight is 276 g/mol. The normalized spacial score (nSPS) is 20.6. The zero-order valence-electron chi connectivity index (χ0n) is 9.19. The number of hydrogen-bond donors (Lipinski definition) is 2. The Balaban J connectivity index is 2.06. The molecule has 2 heterocycles. The minimum atomic E-state index is -3.61. The Hall–Kier alpha value is -0.690. The molecule has 94 valence electrons. The summed E-state index contributed by atoms with van der Waals surface area (Å²) in [6, 6.07) is 3.31. The van der Waals surface area contributed by atoms with Gasteiger partial charge in [-0.1, -0.05) is 11.6 Å². The van der Waals surface area contributed by atoms with Crippen molar-refractivity contribution in [1.29, 1.82) is 0 Å². The van der Waals surface area contributed by atoms with E-state index in [4.69, 9.17) is 11.6 Å². The minimum absolute atomic E-state index is 0.111. The molecule has 5 nitrogen and oxygen atoms in total. The fourth-order valence-corrected chi connectivity index (χ4v) is 3.29. The molecule has 1 aliphatic heterocycles. The lowest BCUT2D eigenvalue weighted by atomic mass is 10.2. The lowest BCUT2D eigenvalue weighted by Crippen LogP contribution is -2.37. The average Bonchev–Trinajstić information content (AvgIpc) is 2.80. The fraction of sp³-hybridized carbons (Fsp3) is 0.500. The molecule has 1 aromatic heterocycles. The van der Waals surface area contributed by atoms with Crippen LogP contribution in [0, 0.1) is 0 Å². The number of nitrogens with zero attached hydrogens (tertiary/aromatic N) is 1. The number of aromatic nitrogens is 1. The summed E-state index contributed by atoms with van der Waals surface area (Å²) in [5.74, 6) is 0. The number of rotatable bonds is 4. The van der Waals surface area contributed by atoms with Gasteiger partial charge in [0.15, 0.2) is 5.03 Å². The summed E-state index contributed by atoms with van der Waals surface area (Å²) in [5, 5.41) is 3.24. The first-order valence-corrected chi connectivity index (χ1v) is 7.29. The highest BCUT2D eigenvalue weighted by Gasteiger charge is 2.22. The van der Waals surface area contributed by atoms with Crippen molar-refractivity contribution in [2.24, 2.45) is 0 Å². The summed E-state index contributed by atoms with van der Waals surface area (Å²) in [6.45, 7) is 1.31. The second-order valence-electron chi connectivity index (χ2n) is 3.94. The largest absolute Gasteiger partial charge is 0.313 e. The first-order valence-electron chi connectivity index (χ1n) is 5.43. The van der Waals surface area contributed by atoms with Gasteiger partial charge in [0.1, 0.15) is 0 Å². The molecule has 17 heavy (non-hydrogen) atoms. The molecule has 0 unspecified atom stereocenters. The molecule has 1 aliphatic rings. The van der Waals surface area contributed by atoms with Crippen LogP contribution in [0.2, 0.25) is 5.02 Å². The van der Waals surface area contributed by atoms with Gasteiger partial charge in [-0.3, -0.25) is 0 Å². The Labute approximate surface area is 106 Å². The Bertz CT molecular complexity index is 486. The molecule has 0 radical (unpaired) electrons. The second kappa shape index (κ2) is 5.30. The van der Waals surface area contributed by atoms with Crippen LogP contribution in [0.5, 0.6) is 0 Å². The Morgan fingerprint density at radius 3 is 3.06 bits per heavy atom. The molecule has 0 aromatic carbocycles. The van der Waals surface area contributed by atoms with Crippen molar-refractivity contribution in [3.63, 3.8) is 0 Å². The Morgan fingerprint density at radius 1 is 1.59 bits per heavy atom. The third-order valence-corrected chi connectivity index (χ3v) is 4.46. The summed E-state index contributed by atoms with van der Waals surface area (Å²) < 4.78 is 26.4. The molecule has 1 atom stereocenters. The molecular formula is C10H14ClN3O2S. The van der Waals surface area contributed by atoms with Gasteiger partial charge in [-0.25, -0.2) is 18.1 Å². The molecule has 1 fully saturated rings. The summed E-state index contributed by atoms with van der Waals surface area (Å²) in [4.78, 5) is 3.79. The van der Waals surface area contributed by atoms with Crippen molar-refractivity contribution in [3.8, 4) is 0 Å². The quantitative estimate of drug-likeness (QED) is 0.851. The maximum Gasteiger partial charge on any atom is 0.259 e. The van der Waals surface area contributed by atoms with E-state index in [0.29, 0.717) is 6.54 Å². The summed E-state index contributed by atoms with van der Waals surface area (Å²) in [7, 11) is -3.61. The van der Waals surface area contributed by atoms with Crippen LogP contribution in [-0.2, 0) is 10.0 Å². The van der Waals surface area contributed by atoms with E-state index < -0.39 is 10.0 Å². The van der Waals surface area contributed by atoms with E-state index in [-0.39, 0.29) is 16.1 Å². The van der Waals surface area contributed by atoms with Gasteiger partial charge in [-0.2, -0.15) is 0 Å². The molecule has 0 aliphatic carbocycles. The molecule has 0 saturated carbocycles. The first-order chi connectivity index (χ1) is 8.09. The van der Waals surface area contributed by atoms with Crippen LogP contribution in [-0.4, -0.2) is 32.5 Å². The topological polar surface area (TPSA) is 71.1 Å². The standard InChI is InChI=1S/C10H14ClN3O2S/c11-9-4-2-6-13-10(9)17(15,16)14-7-8-3-1-5-12-8/h2,4,6,8,12,14H,1,3,5,7H2/t8-/m0/s1. The molecule has 0 amide bonds. The summed E-state index contributed by atoms with van der Waals surface area (Å²) in [6.07, 6.45) is 3.48. The Morgan fingerprint density at radius 2 is 2.41 bits per heavy atom. The zero-order valence-corrected chi connectivity index (χ0v) is 10.8. The van der Waals surface area contributed by atoms with Crippen LogP contribution in [0.3, 0.4) is 0 Å². The molecule has 7 heteroatoms. The maximum atomic E-state index is 11.9. The van der Waals surface area contributed by atoms with Gasteiger partial charge >= 0.3 is 0 Å². The van der Waals surface area contributed by atoms with Gasteiger partial charge in [0, 0.05) is 18.8 Å². The lowest BCUT2D eigenvalue weighted by molar-refractivity contribution is 0.549. The highest BCUT2D eigenvalue weighted by atomic mass is 35.5. The predicted molar refractivity (Wildman–Crippen MR) is 65.5 cm³/mol. The lowest BCUT2D eigenvalue weighted by Gasteiger charge is -2.11.